The summed E-state index contributed by atoms with van der Waals surface area (Å²) in [6, 6.07) is 11.8. The van der Waals surface area contributed by atoms with Crippen molar-refractivity contribution in [1.82, 2.24) is 14.9 Å². The maximum Gasteiger partial charge on any atom is 0.0491 e. The van der Waals surface area contributed by atoms with Gasteiger partial charge in [-0.15, -0.1) is 0 Å². The van der Waals surface area contributed by atoms with Gasteiger partial charge in [-0.1, -0.05) is 12.1 Å². The molecule has 0 amide bonds. The van der Waals surface area contributed by atoms with Gasteiger partial charge < -0.3 is 10.7 Å². The van der Waals surface area contributed by atoms with Crippen LogP contribution in [0.4, 0.5) is 0 Å². The number of piperidine rings is 1. The number of hydrogen-bond acceptors (Lipinski definition) is 3. The molecule has 4 heterocycles. The van der Waals surface area contributed by atoms with Crippen molar-refractivity contribution in [2.45, 2.75) is 43.3 Å². The Labute approximate surface area is 148 Å². The molecule has 3 atom stereocenters. The predicted molar refractivity (Wildman–Crippen MR) is 101 cm³/mol. The molecule has 3 aromatic rings. The van der Waals surface area contributed by atoms with Gasteiger partial charge in [-0.2, -0.15) is 0 Å². The summed E-state index contributed by atoms with van der Waals surface area (Å²) in [5.74, 6) is 0. The summed E-state index contributed by atoms with van der Waals surface area (Å²) in [5.41, 5.74) is 11.4. The molecule has 2 aliphatic heterocycles. The molecule has 0 spiro atoms. The fourth-order valence-corrected chi connectivity index (χ4v) is 5.16. The van der Waals surface area contributed by atoms with Gasteiger partial charge in [0.25, 0.3) is 0 Å². The zero-order chi connectivity index (χ0) is 17.0. The third-order valence-electron chi connectivity index (χ3n) is 6.47. The van der Waals surface area contributed by atoms with Crippen molar-refractivity contribution in [2.24, 2.45) is 5.73 Å². The van der Waals surface area contributed by atoms with Gasteiger partial charge in [0.15, 0.2) is 0 Å². The lowest BCUT2D eigenvalue weighted by Crippen LogP contribution is -2.52. The largest absolute Gasteiger partial charge is 0.361 e. The lowest BCUT2D eigenvalue weighted by atomic mass is 9.80. The van der Waals surface area contributed by atoms with Crippen LogP contribution in [-0.4, -0.2) is 34.0 Å². The van der Waals surface area contributed by atoms with Crippen LogP contribution in [0.15, 0.2) is 48.9 Å². The molecule has 2 aliphatic rings. The Morgan fingerprint density at radius 3 is 3.12 bits per heavy atom. The fraction of sp³-hybridized carbons (Fsp3) is 0.381. The van der Waals surface area contributed by atoms with Crippen molar-refractivity contribution < 1.29 is 0 Å². The SMILES string of the molecule is CN1C2CCC1(c1cncc(-c3cccc4[nH]ccc34)c1)CC(N)C2. The minimum atomic E-state index is 0.0530. The maximum absolute atomic E-state index is 6.40. The second-order valence-corrected chi connectivity index (χ2v) is 7.74. The van der Waals surface area contributed by atoms with Crippen molar-refractivity contribution in [3.8, 4) is 11.1 Å². The summed E-state index contributed by atoms with van der Waals surface area (Å²) in [7, 11) is 2.27. The van der Waals surface area contributed by atoms with E-state index in [-0.39, 0.29) is 5.54 Å². The number of H-pyrrole nitrogens is 1. The van der Waals surface area contributed by atoms with E-state index in [1.807, 2.05) is 12.4 Å². The summed E-state index contributed by atoms with van der Waals surface area (Å²) in [6.07, 6.45) is 10.6. The van der Waals surface area contributed by atoms with Crippen LogP contribution in [0.2, 0.25) is 0 Å². The van der Waals surface area contributed by atoms with E-state index in [2.05, 4.69) is 58.4 Å². The number of hydrogen-bond donors (Lipinski definition) is 2. The molecule has 3 N–H and O–H groups in total. The van der Waals surface area contributed by atoms with E-state index in [9.17, 15) is 0 Å². The van der Waals surface area contributed by atoms with Gasteiger partial charge in [-0.3, -0.25) is 9.88 Å². The lowest BCUT2D eigenvalue weighted by Gasteiger charge is -2.45. The van der Waals surface area contributed by atoms with Crippen molar-refractivity contribution in [3.05, 3.63) is 54.5 Å². The molecule has 4 nitrogen and oxygen atoms in total. The highest BCUT2D eigenvalue weighted by molar-refractivity contribution is 5.94. The van der Waals surface area contributed by atoms with Crippen molar-refractivity contribution in [3.63, 3.8) is 0 Å². The molecule has 2 fully saturated rings. The molecule has 4 heteroatoms. The highest BCUT2D eigenvalue weighted by Gasteiger charge is 2.50. The van der Waals surface area contributed by atoms with Gasteiger partial charge in [-0.25, -0.2) is 0 Å². The van der Waals surface area contributed by atoms with E-state index in [0.29, 0.717) is 12.1 Å². The fourth-order valence-electron chi connectivity index (χ4n) is 5.16. The molecular weight excluding hydrogens is 308 g/mol. The summed E-state index contributed by atoms with van der Waals surface area (Å²) >= 11 is 0. The Hall–Kier alpha value is -2.17. The monoisotopic (exact) mass is 332 g/mol. The van der Waals surface area contributed by atoms with Gasteiger partial charge in [-0.05, 0) is 62.1 Å². The van der Waals surface area contributed by atoms with Crippen LogP contribution in [0, 0.1) is 0 Å². The van der Waals surface area contributed by atoms with Gasteiger partial charge in [0, 0.05) is 52.7 Å². The number of benzene rings is 1. The van der Waals surface area contributed by atoms with Crippen molar-refractivity contribution in [2.75, 3.05) is 7.05 Å². The van der Waals surface area contributed by atoms with Crippen LogP contribution in [0.3, 0.4) is 0 Å². The Balaban J connectivity index is 1.63. The van der Waals surface area contributed by atoms with Crippen LogP contribution in [0.25, 0.3) is 22.0 Å². The van der Waals surface area contributed by atoms with Gasteiger partial charge in [0.2, 0.25) is 0 Å². The molecular formula is C21H24N4. The molecule has 128 valence electrons. The highest BCUT2D eigenvalue weighted by Crippen LogP contribution is 2.49. The zero-order valence-electron chi connectivity index (χ0n) is 14.6. The minimum Gasteiger partial charge on any atom is -0.361 e. The number of nitrogens with one attached hydrogen (secondary N) is 1. The second kappa shape index (κ2) is 5.41. The van der Waals surface area contributed by atoms with Crippen molar-refractivity contribution >= 4 is 10.9 Å². The van der Waals surface area contributed by atoms with E-state index in [0.717, 1.165) is 12.8 Å². The highest BCUT2D eigenvalue weighted by atomic mass is 15.2. The predicted octanol–water partition coefficient (Wildman–Crippen LogP) is 3.64. The maximum atomic E-state index is 6.40. The van der Waals surface area contributed by atoms with E-state index in [4.69, 9.17) is 5.73 Å². The number of fused-ring (bicyclic) bond motifs is 3. The summed E-state index contributed by atoms with van der Waals surface area (Å²) in [5, 5.41) is 1.25. The molecule has 2 saturated heterocycles. The van der Waals surface area contributed by atoms with E-state index in [1.54, 1.807) is 0 Å². The molecule has 5 rings (SSSR count). The van der Waals surface area contributed by atoms with Crippen LogP contribution < -0.4 is 5.73 Å². The van der Waals surface area contributed by atoms with Gasteiger partial charge >= 0.3 is 0 Å². The molecule has 25 heavy (non-hydrogen) atoms. The molecule has 1 aromatic carbocycles. The summed E-state index contributed by atoms with van der Waals surface area (Å²) in [4.78, 5) is 10.5. The number of nitrogens with zero attached hydrogens (tertiary/aromatic N) is 2. The first kappa shape index (κ1) is 15.1. The minimum absolute atomic E-state index is 0.0530. The molecule has 3 unspecified atom stereocenters. The average Bonchev–Trinajstić information content (AvgIpc) is 3.17. The Kier molecular flexibility index (Phi) is 3.27. The first-order valence-electron chi connectivity index (χ1n) is 9.18. The molecule has 0 radical (unpaired) electrons. The second-order valence-electron chi connectivity index (χ2n) is 7.74. The summed E-state index contributed by atoms with van der Waals surface area (Å²) < 4.78 is 0. The third kappa shape index (κ3) is 2.17. The molecule has 2 bridgehead atoms. The first-order chi connectivity index (χ1) is 12.2. The Morgan fingerprint density at radius 1 is 1.28 bits per heavy atom. The first-order valence-corrected chi connectivity index (χ1v) is 9.18. The number of nitrogens with two attached hydrogens (primary N) is 1. The van der Waals surface area contributed by atoms with Crippen LogP contribution in [-0.2, 0) is 5.54 Å². The number of aromatic amines is 1. The number of pyridine rings is 1. The average molecular weight is 332 g/mol. The zero-order valence-corrected chi connectivity index (χ0v) is 14.6. The third-order valence-corrected chi connectivity index (χ3v) is 6.47. The Morgan fingerprint density at radius 2 is 2.20 bits per heavy atom. The smallest absolute Gasteiger partial charge is 0.0491 e. The van der Waals surface area contributed by atoms with Crippen LogP contribution in [0.1, 0.15) is 31.2 Å². The van der Waals surface area contributed by atoms with E-state index in [1.165, 1.54) is 40.4 Å². The number of rotatable bonds is 2. The van der Waals surface area contributed by atoms with Crippen LogP contribution >= 0.6 is 0 Å². The Bertz CT molecular complexity index is 930. The van der Waals surface area contributed by atoms with E-state index < -0.39 is 0 Å². The van der Waals surface area contributed by atoms with Crippen molar-refractivity contribution in [1.29, 1.82) is 0 Å². The topological polar surface area (TPSA) is 57.9 Å². The standard InChI is InChI=1S/C21H24N4/c1-25-17-5-7-21(25,11-16(22)10-17)15-9-14(12-23-13-15)18-3-2-4-20-19(18)6-8-24-20/h2-4,6,8-9,12-13,16-17,24H,5,7,10-11,22H2,1H3. The normalized spacial score (nSPS) is 29.4. The quantitative estimate of drug-likeness (QED) is 0.753. The lowest BCUT2D eigenvalue weighted by molar-refractivity contribution is 0.0686. The van der Waals surface area contributed by atoms with Gasteiger partial charge in [0.05, 0.1) is 0 Å². The van der Waals surface area contributed by atoms with E-state index >= 15 is 0 Å². The molecule has 0 saturated carbocycles. The summed E-state index contributed by atoms with van der Waals surface area (Å²) in [6.45, 7) is 0. The molecule has 0 aliphatic carbocycles. The molecule has 2 aromatic heterocycles. The van der Waals surface area contributed by atoms with Gasteiger partial charge in [0.1, 0.15) is 0 Å². The number of aromatic nitrogens is 2. The van der Waals surface area contributed by atoms with Crippen LogP contribution in [0.5, 0.6) is 0 Å².